The van der Waals surface area contributed by atoms with E-state index in [1.165, 1.54) is 11.1 Å². The molecule has 0 spiro atoms. The fourth-order valence-electron chi connectivity index (χ4n) is 3.11. The molecule has 2 aliphatic rings. The predicted octanol–water partition coefficient (Wildman–Crippen LogP) is 2.31. The summed E-state index contributed by atoms with van der Waals surface area (Å²) in [5.74, 6) is 0.239. The highest BCUT2D eigenvalue weighted by atomic mass is 16.5. The van der Waals surface area contributed by atoms with Crippen molar-refractivity contribution in [3.63, 3.8) is 0 Å². The van der Waals surface area contributed by atoms with E-state index in [-0.39, 0.29) is 5.92 Å². The zero-order chi connectivity index (χ0) is 13.9. The Labute approximate surface area is 119 Å². The molecule has 2 aliphatic heterocycles. The number of hydrogen-bond donors (Lipinski definition) is 1. The van der Waals surface area contributed by atoms with Gasteiger partial charge in [-0.25, -0.2) is 0 Å². The van der Waals surface area contributed by atoms with Crippen molar-refractivity contribution in [3.8, 4) is 5.75 Å². The maximum atomic E-state index is 10.9. The Morgan fingerprint density at radius 2 is 2.15 bits per heavy atom. The van der Waals surface area contributed by atoms with Gasteiger partial charge in [0.25, 0.3) is 0 Å². The average Bonchev–Trinajstić information content (AvgIpc) is 2.48. The number of aryl methyl sites for hydroxylation is 1. The number of piperidine rings is 1. The van der Waals surface area contributed by atoms with Crippen molar-refractivity contribution in [1.82, 2.24) is 4.90 Å². The summed E-state index contributed by atoms with van der Waals surface area (Å²) in [5, 5.41) is 9.01. The van der Waals surface area contributed by atoms with Crippen molar-refractivity contribution >= 4 is 5.97 Å². The van der Waals surface area contributed by atoms with Crippen molar-refractivity contribution in [2.75, 3.05) is 19.7 Å². The van der Waals surface area contributed by atoms with Crippen LogP contribution in [0.25, 0.3) is 0 Å². The van der Waals surface area contributed by atoms with Crippen LogP contribution < -0.4 is 4.74 Å². The van der Waals surface area contributed by atoms with E-state index >= 15 is 0 Å². The first kappa shape index (κ1) is 13.4. The lowest BCUT2D eigenvalue weighted by Gasteiger charge is -2.30. The Hall–Kier alpha value is -1.55. The molecule has 1 aromatic carbocycles. The Bertz CT molecular complexity index is 492. The molecule has 3 rings (SSSR count). The van der Waals surface area contributed by atoms with Crippen LogP contribution in [0.15, 0.2) is 18.2 Å². The highest BCUT2D eigenvalue weighted by Crippen LogP contribution is 2.27. The zero-order valence-electron chi connectivity index (χ0n) is 11.7. The first-order valence-electron chi connectivity index (χ1n) is 7.42. The molecule has 1 aromatic rings. The number of likely N-dealkylation sites (tertiary alicyclic amines) is 1. The molecule has 0 aromatic heterocycles. The molecule has 108 valence electrons. The number of fused-ring (bicyclic) bond motifs is 1. The number of carboxylic acids is 1. The average molecular weight is 275 g/mol. The molecule has 0 saturated carbocycles. The third-order valence-corrected chi connectivity index (χ3v) is 4.32. The largest absolute Gasteiger partial charge is 0.493 e. The molecular weight excluding hydrogens is 254 g/mol. The second-order valence-electron chi connectivity index (χ2n) is 5.78. The molecule has 0 radical (unpaired) electrons. The summed E-state index contributed by atoms with van der Waals surface area (Å²) in [4.78, 5) is 13.3. The van der Waals surface area contributed by atoms with E-state index in [0.717, 1.165) is 57.7 Å². The van der Waals surface area contributed by atoms with E-state index in [4.69, 9.17) is 9.84 Å². The molecule has 0 unspecified atom stereocenters. The number of rotatable bonds is 3. The van der Waals surface area contributed by atoms with E-state index in [2.05, 4.69) is 23.1 Å². The predicted molar refractivity (Wildman–Crippen MR) is 75.9 cm³/mol. The van der Waals surface area contributed by atoms with Gasteiger partial charge in [-0.1, -0.05) is 12.1 Å². The minimum atomic E-state index is -0.643. The highest BCUT2D eigenvalue weighted by molar-refractivity contribution is 5.70. The maximum absolute atomic E-state index is 10.9. The summed E-state index contributed by atoms with van der Waals surface area (Å²) in [6.07, 6.45) is 3.73. The van der Waals surface area contributed by atoms with Crippen LogP contribution in [-0.4, -0.2) is 35.7 Å². The van der Waals surface area contributed by atoms with Crippen LogP contribution in [0, 0.1) is 5.92 Å². The minimum Gasteiger partial charge on any atom is -0.493 e. The molecule has 0 aliphatic carbocycles. The molecule has 4 nitrogen and oxygen atoms in total. The normalized spacial score (nSPS) is 20.2. The summed E-state index contributed by atoms with van der Waals surface area (Å²) in [5.41, 5.74) is 2.62. The molecular formula is C16H21NO3. The Morgan fingerprint density at radius 3 is 2.90 bits per heavy atom. The topological polar surface area (TPSA) is 49.8 Å². The first-order valence-corrected chi connectivity index (χ1v) is 7.42. The molecule has 1 saturated heterocycles. The van der Waals surface area contributed by atoms with Gasteiger partial charge in [-0.2, -0.15) is 0 Å². The number of nitrogens with zero attached hydrogens (tertiary/aromatic N) is 1. The van der Waals surface area contributed by atoms with Gasteiger partial charge < -0.3 is 9.84 Å². The van der Waals surface area contributed by atoms with Gasteiger partial charge in [-0.3, -0.25) is 9.69 Å². The van der Waals surface area contributed by atoms with Gasteiger partial charge in [0, 0.05) is 6.54 Å². The number of carbonyl (C=O) groups is 1. The second kappa shape index (κ2) is 5.83. The van der Waals surface area contributed by atoms with Gasteiger partial charge in [0.05, 0.1) is 12.5 Å². The summed E-state index contributed by atoms with van der Waals surface area (Å²) in [6, 6.07) is 6.46. The standard InChI is InChI=1S/C16H21NO3/c18-16(19)13-5-7-17(8-6-13)11-12-3-4-15-14(10-12)2-1-9-20-15/h3-4,10,13H,1-2,5-9,11H2,(H,18,19). The smallest absolute Gasteiger partial charge is 0.306 e. The molecule has 0 atom stereocenters. The van der Waals surface area contributed by atoms with Crippen molar-refractivity contribution in [3.05, 3.63) is 29.3 Å². The SMILES string of the molecule is O=C(O)C1CCN(Cc2ccc3c(c2)CCCO3)CC1. The molecule has 4 heteroatoms. The van der Waals surface area contributed by atoms with E-state index in [1.54, 1.807) is 0 Å². The number of benzene rings is 1. The number of aliphatic carboxylic acids is 1. The quantitative estimate of drug-likeness (QED) is 0.919. The fourth-order valence-corrected chi connectivity index (χ4v) is 3.11. The van der Waals surface area contributed by atoms with Gasteiger partial charge in [0.15, 0.2) is 0 Å². The number of ether oxygens (including phenoxy) is 1. The summed E-state index contributed by atoms with van der Waals surface area (Å²) < 4.78 is 5.63. The van der Waals surface area contributed by atoms with Gasteiger partial charge in [-0.05, 0) is 56.0 Å². The highest BCUT2D eigenvalue weighted by Gasteiger charge is 2.24. The van der Waals surface area contributed by atoms with E-state index in [1.807, 2.05) is 0 Å². The summed E-state index contributed by atoms with van der Waals surface area (Å²) in [7, 11) is 0. The maximum Gasteiger partial charge on any atom is 0.306 e. The molecule has 1 fully saturated rings. The van der Waals surface area contributed by atoms with Gasteiger partial charge >= 0.3 is 5.97 Å². The van der Waals surface area contributed by atoms with Crippen LogP contribution in [0.5, 0.6) is 5.75 Å². The van der Waals surface area contributed by atoms with Crippen LogP contribution in [0.3, 0.4) is 0 Å². The van der Waals surface area contributed by atoms with Crippen molar-refractivity contribution in [2.45, 2.75) is 32.2 Å². The monoisotopic (exact) mass is 275 g/mol. The number of hydrogen-bond acceptors (Lipinski definition) is 3. The van der Waals surface area contributed by atoms with Gasteiger partial charge in [0.1, 0.15) is 5.75 Å². The van der Waals surface area contributed by atoms with E-state index in [0.29, 0.717) is 0 Å². The van der Waals surface area contributed by atoms with Gasteiger partial charge in [-0.15, -0.1) is 0 Å². The zero-order valence-corrected chi connectivity index (χ0v) is 11.7. The van der Waals surface area contributed by atoms with Crippen LogP contribution in [0.2, 0.25) is 0 Å². The molecule has 0 bridgehead atoms. The Balaban J connectivity index is 1.60. The van der Waals surface area contributed by atoms with Crippen LogP contribution in [0.1, 0.15) is 30.4 Å². The lowest BCUT2D eigenvalue weighted by molar-refractivity contribution is -0.143. The van der Waals surface area contributed by atoms with Crippen LogP contribution >= 0.6 is 0 Å². The third kappa shape index (κ3) is 2.96. The Kier molecular flexibility index (Phi) is 3.92. The molecule has 20 heavy (non-hydrogen) atoms. The van der Waals surface area contributed by atoms with Crippen LogP contribution in [-0.2, 0) is 17.8 Å². The van der Waals surface area contributed by atoms with E-state index in [9.17, 15) is 4.79 Å². The van der Waals surface area contributed by atoms with Crippen molar-refractivity contribution < 1.29 is 14.6 Å². The summed E-state index contributed by atoms with van der Waals surface area (Å²) in [6.45, 7) is 3.50. The second-order valence-corrected chi connectivity index (χ2v) is 5.78. The molecule has 1 N–H and O–H groups in total. The third-order valence-electron chi connectivity index (χ3n) is 4.32. The minimum absolute atomic E-state index is 0.150. The summed E-state index contributed by atoms with van der Waals surface area (Å²) >= 11 is 0. The van der Waals surface area contributed by atoms with Crippen molar-refractivity contribution in [1.29, 1.82) is 0 Å². The molecule has 2 heterocycles. The Morgan fingerprint density at radius 1 is 1.35 bits per heavy atom. The fraction of sp³-hybridized carbons (Fsp3) is 0.562. The lowest BCUT2D eigenvalue weighted by atomic mass is 9.96. The molecule has 0 amide bonds. The van der Waals surface area contributed by atoms with E-state index < -0.39 is 5.97 Å². The number of carboxylic acid groups (broad SMARTS) is 1. The van der Waals surface area contributed by atoms with Crippen LogP contribution in [0.4, 0.5) is 0 Å². The first-order chi connectivity index (χ1) is 9.72. The van der Waals surface area contributed by atoms with Gasteiger partial charge in [0.2, 0.25) is 0 Å². The van der Waals surface area contributed by atoms with Crippen molar-refractivity contribution in [2.24, 2.45) is 5.92 Å². The lowest BCUT2D eigenvalue weighted by Crippen LogP contribution is -2.35.